The summed E-state index contributed by atoms with van der Waals surface area (Å²) < 4.78 is 30.0. The van der Waals surface area contributed by atoms with Gasteiger partial charge < -0.3 is 4.90 Å². The molecule has 2 heterocycles. The highest BCUT2D eigenvalue weighted by Crippen LogP contribution is 2.32. The summed E-state index contributed by atoms with van der Waals surface area (Å²) in [4.78, 5) is 2.47. The molecule has 0 bridgehead atoms. The highest BCUT2D eigenvalue weighted by Gasteiger charge is 2.24. The van der Waals surface area contributed by atoms with Gasteiger partial charge in [-0.05, 0) is 30.2 Å². The van der Waals surface area contributed by atoms with Gasteiger partial charge in [0, 0.05) is 37.9 Å². The van der Waals surface area contributed by atoms with Gasteiger partial charge in [0.1, 0.15) is 10.0 Å². The van der Waals surface area contributed by atoms with Gasteiger partial charge in [0.2, 0.25) is 10.0 Å². The van der Waals surface area contributed by atoms with E-state index in [-0.39, 0.29) is 0 Å². The van der Waals surface area contributed by atoms with E-state index in [9.17, 15) is 8.42 Å². The Morgan fingerprint density at radius 1 is 1.41 bits per heavy atom. The van der Waals surface area contributed by atoms with Crippen LogP contribution in [0.4, 0.5) is 5.69 Å². The SMILES string of the molecule is CN(C)S(=O)(=O)c1ccc2c(c1)CCN2Cc1nnsc1Cl. The molecule has 3 rings (SSSR count). The highest BCUT2D eigenvalue weighted by molar-refractivity contribution is 7.89. The van der Waals surface area contributed by atoms with E-state index < -0.39 is 10.0 Å². The Balaban J connectivity index is 1.89. The van der Waals surface area contributed by atoms with E-state index in [0.717, 1.165) is 29.9 Å². The first-order valence-electron chi connectivity index (χ1n) is 6.66. The Bertz CT molecular complexity index is 804. The molecule has 1 aliphatic rings. The van der Waals surface area contributed by atoms with Crippen LogP contribution in [0.15, 0.2) is 23.1 Å². The van der Waals surface area contributed by atoms with E-state index >= 15 is 0 Å². The van der Waals surface area contributed by atoms with Crippen molar-refractivity contribution >= 4 is 38.8 Å². The van der Waals surface area contributed by atoms with E-state index in [0.29, 0.717) is 15.8 Å². The first-order valence-corrected chi connectivity index (χ1v) is 9.26. The van der Waals surface area contributed by atoms with Gasteiger partial charge in [-0.3, -0.25) is 0 Å². The van der Waals surface area contributed by atoms with E-state index in [1.54, 1.807) is 12.1 Å². The molecule has 1 aromatic carbocycles. The molecule has 0 atom stereocenters. The summed E-state index contributed by atoms with van der Waals surface area (Å²) in [7, 11) is -0.332. The molecule has 0 fully saturated rings. The van der Waals surface area contributed by atoms with Crippen LogP contribution in [0.5, 0.6) is 0 Å². The average molecular weight is 359 g/mol. The second-order valence-corrected chi connectivity index (χ2v) is 8.75. The Labute approximate surface area is 138 Å². The number of halogens is 1. The van der Waals surface area contributed by atoms with Gasteiger partial charge in [-0.1, -0.05) is 16.1 Å². The lowest BCUT2D eigenvalue weighted by Gasteiger charge is -2.18. The van der Waals surface area contributed by atoms with E-state index in [2.05, 4.69) is 14.5 Å². The molecule has 1 aromatic heterocycles. The average Bonchev–Trinajstić information content (AvgIpc) is 3.06. The summed E-state index contributed by atoms with van der Waals surface area (Å²) >= 11 is 7.22. The van der Waals surface area contributed by atoms with Gasteiger partial charge in [0.15, 0.2) is 0 Å². The van der Waals surface area contributed by atoms with Crippen molar-refractivity contribution < 1.29 is 8.42 Å². The van der Waals surface area contributed by atoms with Crippen molar-refractivity contribution in [2.75, 3.05) is 25.5 Å². The Kier molecular flexibility index (Phi) is 4.11. The minimum atomic E-state index is -3.40. The smallest absolute Gasteiger partial charge is 0.242 e. The van der Waals surface area contributed by atoms with Gasteiger partial charge >= 0.3 is 0 Å². The largest absolute Gasteiger partial charge is 0.365 e. The maximum Gasteiger partial charge on any atom is 0.242 e. The molecule has 0 saturated carbocycles. The summed E-state index contributed by atoms with van der Waals surface area (Å²) in [6, 6.07) is 5.26. The molecule has 0 radical (unpaired) electrons. The molecule has 6 nitrogen and oxygen atoms in total. The van der Waals surface area contributed by atoms with Gasteiger partial charge in [0.25, 0.3) is 0 Å². The molecule has 0 unspecified atom stereocenters. The Morgan fingerprint density at radius 3 is 2.82 bits per heavy atom. The van der Waals surface area contributed by atoms with Crippen molar-refractivity contribution in [2.45, 2.75) is 17.9 Å². The molecule has 0 aliphatic carbocycles. The van der Waals surface area contributed by atoms with Crippen LogP contribution in [-0.4, -0.2) is 43.0 Å². The van der Waals surface area contributed by atoms with E-state index in [1.165, 1.54) is 29.9 Å². The highest BCUT2D eigenvalue weighted by atomic mass is 35.5. The van der Waals surface area contributed by atoms with Crippen molar-refractivity contribution in [3.8, 4) is 0 Å². The number of hydrogen-bond acceptors (Lipinski definition) is 6. The van der Waals surface area contributed by atoms with Crippen molar-refractivity contribution in [1.29, 1.82) is 0 Å². The van der Waals surface area contributed by atoms with Gasteiger partial charge in [-0.15, -0.1) is 5.10 Å². The van der Waals surface area contributed by atoms with Crippen LogP contribution >= 0.6 is 23.1 Å². The number of aromatic nitrogens is 2. The van der Waals surface area contributed by atoms with Crippen molar-refractivity contribution in [3.63, 3.8) is 0 Å². The first kappa shape index (κ1) is 15.7. The van der Waals surface area contributed by atoms with Crippen LogP contribution in [0.2, 0.25) is 4.34 Å². The minimum Gasteiger partial charge on any atom is -0.365 e. The molecule has 118 valence electrons. The number of hydrogen-bond donors (Lipinski definition) is 0. The lowest BCUT2D eigenvalue weighted by atomic mass is 10.2. The summed E-state index contributed by atoms with van der Waals surface area (Å²) in [5, 5.41) is 4.02. The zero-order valence-corrected chi connectivity index (χ0v) is 14.5. The summed E-state index contributed by atoms with van der Waals surface area (Å²) in [6.45, 7) is 1.40. The molecular weight excluding hydrogens is 344 g/mol. The van der Waals surface area contributed by atoms with E-state index in [4.69, 9.17) is 11.6 Å². The fourth-order valence-corrected chi connectivity index (χ4v) is 4.02. The number of anilines is 1. The number of benzene rings is 1. The predicted octanol–water partition coefficient (Wildman–Crippen LogP) is 2.00. The van der Waals surface area contributed by atoms with Crippen LogP contribution in [0.3, 0.4) is 0 Å². The van der Waals surface area contributed by atoms with Crippen LogP contribution in [0, 0.1) is 0 Å². The lowest BCUT2D eigenvalue weighted by Crippen LogP contribution is -2.22. The second kappa shape index (κ2) is 5.77. The molecule has 0 N–H and O–H groups in total. The molecular formula is C13H15ClN4O2S2. The predicted molar refractivity (Wildman–Crippen MR) is 87.0 cm³/mol. The summed E-state index contributed by atoms with van der Waals surface area (Å²) in [5.74, 6) is 0. The third kappa shape index (κ3) is 2.71. The molecule has 9 heteroatoms. The maximum atomic E-state index is 12.2. The molecule has 0 saturated heterocycles. The standard InChI is InChI=1S/C13H15ClN4O2S2/c1-17(2)22(19,20)10-3-4-12-9(7-10)5-6-18(12)8-11-13(14)21-16-15-11/h3-4,7H,5-6,8H2,1-2H3. The third-order valence-electron chi connectivity index (χ3n) is 3.67. The van der Waals surface area contributed by atoms with Crippen LogP contribution < -0.4 is 4.90 Å². The van der Waals surface area contributed by atoms with Crippen LogP contribution in [0.1, 0.15) is 11.3 Å². The maximum absolute atomic E-state index is 12.2. The molecule has 0 amide bonds. The molecule has 2 aromatic rings. The fraction of sp³-hybridized carbons (Fsp3) is 0.385. The Hall–Kier alpha value is -1.22. The normalized spacial score (nSPS) is 14.6. The second-order valence-electron chi connectivity index (χ2n) is 5.24. The monoisotopic (exact) mass is 358 g/mol. The zero-order chi connectivity index (χ0) is 15.9. The lowest BCUT2D eigenvalue weighted by molar-refractivity contribution is 0.520. The molecule has 22 heavy (non-hydrogen) atoms. The quantitative estimate of drug-likeness (QED) is 0.836. The fourth-order valence-electron chi connectivity index (χ4n) is 2.45. The number of fused-ring (bicyclic) bond motifs is 1. The van der Waals surface area contributed by atoms with Gasteiger partial charge in [0.05, 0.1) is 11.4 Å². The Morgan fingerprint density at radius 2 is 2.18 bits per heavy atom. The minimum absolute atomic E-state index is 0.325. The van der Waals surface area contributed by atoms with E-state index in [1.807, 2.05) is 6.07 Å². The number of sulfonamides is 1. The molecule has 1 aliphatic heterocycles. The molecule has 0 spiro atoms. The van der Waals surface area contributed by atoms with Crippen LogP contribution in [0.25, 0.3) is 0 Å². The van der Waals surface area contributed by atoms with Crippen molar-refractivity contribution in [3.05, 3.63) is 33.8 Å². The first-order chi connectivity index (χ1) is 10.4. The summed E-state index contributed by atoms with van der Waals surface area (Å²) in [5.41, 5.74) is 2.81. The zero-order valence-electron chi connectivity index (χ0n) is 12.2. The van der Waals surface area contributed by atoms with Gasteiger partial charge in [-0.2, -0.15) is 0 Å². The topological polar surface area (TPSA) is 66.4 Å². The van der Waals surface area contributed by atoms with Crippen LogP contribution in [-0.2, 0) is 23.0 Å². The number of nitrogens with zero attached hydrogens (tertiary/aromatic N) is 4. The summed E-state index contributed by atoms with van der Waals surface area (Å²) in [6.07, 6.45) is 0.807. The van der Waals surface area contributed by atoms with Crippen molar-refractivity contribution in [2.24, 2.45) is 0 Å². The third-order valence-corrected chi connectivity index (χ3v) is 6.47. The van der Waals surface area contributed by atoms with Gasteiger partial charge in [-0.25, -0.2) is 12.7 Å². The number of rotatable bonds is 4. The van der Waals surface area contributed by atoms with Crippen molar-refractivity contribution in [1.82, 2.24) is 13.9 Å².